The Labute approximate surface area is 142 Å². The number of hydrogen-bond acceptors (Lipinski definition) is 2. The highest BCUT2D eigenvalue weighted by Crippen LogP contribution is 2.27. The summed E-state index contributed by atoms with van der Waals surface area (Å²) in [6.45, 7) is 7.93. The standard InChI is InChI=1S/C19H22ClNO2/c1-12(2)17-10-5-7-13(3)18(17)21-19(22)14(4)23-16-9-6-8-15(20)11-16/h5-12,14H,1-4H3,(H,21,22)/t14-/m0/s1. The molecule has 1 amide bonds. The third-order valence-corrected chi connectivity index (χ3v) is 3.89. The van der Waals surface area contributed by atoms with Crippen molar-refractivity contribution in [1.29, 1.82) is 0 Å². The van der Waals surface area contributed by atoms with Crippen LogP contribution in [0.25, 0.3) is 0 Å². The molecule has 0 heterocycles. The lowest BCUT2D eigenvalue weighted by molar-refractivity contribution is -0.122. The molecule has 23 heavy (non-hydrogen) atoms. The van der Waals surface area contributed by atoms with E-state index in [4.69, 9.17) is 16.3 Å². The fourth-order valence-electron chi connectivity index (χ4n) is 2.37. The topological polar surface area (TPSA) is 38.3 Å². The Bertz CT molecular complexity index is 698. The highest BCUT2D eigenvalue weighted by atomic mass is 35.5. The fraction of sp³-hybridized carbons (Fsp3) is 0.316. The molecule has 0 spiro atoms. The molecule has 2 aromatic carbocycles. The lowest BCUT2D eigenvalue weighted by Crippen LogP contribution is -2.30. The molecule has 0 fully saturated rings. The third kappa shape index (κ3) is 4.49. The number of amides is 1. The highest BCUT2D eigenvalue weighted by molar-refractivity contribution is 6.30. The first kappa shape index (κ1) is 17.4. The normalized spacial score (nSPS) is 12.1. The Hall–Kier alpha value is -2.00. The summed E-state index contributed by atoms with van der Waals surface area (Å²) in [6.07, 6.45) is -0.618. The van der Waals surface area contributed by atoms with Crippen LogP contribution in [-0.2, 0) is 4.79 Å². The number of ether oxygens (including phenoxy) is 1. The van der Waals surface area contributed by atoms with Crippen molar-refractivity contribution in [2.45, 2.75) is 39.7 Å². The number of anilines is 1. The van der Waals surface area contributed by atoms with Gasteiger partial charge in [0.2, 0.25) is 0 Å². The maximum atomic E-state index is 12.5. The van der Waals surface area contributed by atoms with Gasteiger partial charge in [0, 0.05) is 10.7 Å². The van der Waals surface area contributed by atoms with Crippen molar-refractivity contribution >= 4 is 23.2 Å². The van der Waals surface area contributed by atoms with Crippen LogP contribution in [0.4, 0.5) is 5.69 Å². The highest BCUT2D eigenvalue weighted by Gasteiger charge is 2.18. The van der Waals surface area contributed by atoms with E-state index < -0.39 is 6.10 Å². The first-order valence-corrected chi connectivity index (χ1v) is 8.09. The van der Waals surface area contributed by atoms with E-state index in [1.54, 1.807) is 31.2 Å². The number of carbonyl (C=O) groups is 1. The lowest BCUT2D eigenvalue weighted by atomic mass is 9.98. The van der Waals surface area contributed by atoms with Crippen LogP contribution in [0.3, 0.4) is 0 Å². The van der Waals surface area contributed by atoms with Gasteiger partial charge in [0.1, 0.15) is 5.75 Å². The number of halogens is 1. The molecule has 0 aliphatic heterocycles. The van der Waals surface area contributed by atoms with Crippen LogP contribution in [0.2, 0.25) is 5.02 Å². The van der Waals surface area contributed by atoms with Crippen LogP contribution in [-0.4, -0.2) is 12.0 Å². The van der Waals surface area contributed by atoms with E-state index in [1.807, 2.05) is 25.1 Å². The molecule has 1 atom stereocenters. The Morgan fingerprint density at radius 1 is 1.13 bits per heavy atom. The quantitative estimate of drug-likeness (QED) is 0.820. The van der Waals surface area contributed by atoms with Crippen LogP contribution in [0.1, 0.15) is 37.8 Å². The SMILES string of the molecule is Cc1cccc(C(C)C)c1NC(=O)[C@H](C)Oc1cccc(Cl)c1. The molecule has 122 valence electrons. The van der Waals surface area contributed by atoms with E-state index in [9.17, 15) is 4.79 Å². The molecule has 0 saturated heterocycles. The van der Waals surface area contributed by atoms with Crippen LogP contribution in [0.5, 0.6) is 5.75 Å². The Morgan fingerprint density at radius 3 is 2.48 bits per heavy atom. The fourth-order valence-corrected chi connectivity index (χ4v) is 2.55. The van der Waals surface area contributed by atoms with Gasteiger partial charge in [-0.25, -0.2) is 0 Å². The van der Waals surface area contributed by atoms with Gasteiger partial charge in [0.15, 0.2) is 6.10 Å². The Balaban J connectivity index is 2.13. The van der Waals surface area contributed by atoms with Gasteiger partial charge in [0.05, 0.1) is 0 Å². The van der Waals surface area contributed by atoms with Crippen molar-refractivity contribution < 1.29 is 9.53 Å². The monoisotopic (exact) mass is 331 g/mol. The van der Waals surface area contributed by atoms with Crippen LogP contribution in [0.15, 0.2) is 42.5 Å². The first-order chi connectivity index (χ1) is 10.9. The van der Waals surface area contributed by atoms with E-state index in [1.165, 1.54) is 0 Å². The molecule has 0 aromatic heterocycles. The summed E-state index contributed by atoms with van der Waals surface area (Å²) in [6, 6.07) is 13.1. The summed E-state index contributed by atoms with van der Waals surface area (Å²) in [5.74, 6) is 0.726. The number of benzene rings is 2. The van der Waals surface area contributed by atoms with Gasteiger partial charge in [-0.2, -0.15) is 0 Å². The summed E-state index contributed by atoms with van der Waals surface area (Å²) in [5, 5.41) is 3.58. The van der Waals surface area contributed by atoms with E-state index >= 15 is 0 Å². The van der Waals surface area contributed by atoms with E-state index in [-0.39, 0.29) is 5.91 Å². The number of para-hydroxylation sites is 1. The number of carbonyl (C=O) groups excluding carboxylic acids is 1. The minimum absolute atomic E-state index is 0.179. The van der Waals surface area contributed by atoms with Crippen molar-refractivity contribution in [3.8, 4) is 5.75 Å². The maximum Gasteiger partial charge on any atom is 0.265 e. The van der Waals surface area contributed by atoms with Gasteiger partial charge in [-0.3, -0.25) is 4.79 Å². The van der Waals surface area contributed by atoms with Crippen molar-refractivity contribution in [1.82, 2.24) is 0 Å². The van der Waals surface area contributed by atoms with Crippen LogP contribution >= 0.6 is 11.6 Å². The predicted octanol–water partition coefficient (Wildman–Crippen LogP) is 5.18. The second kappa shape index (κ2) is 7.51. The second-order valence-corrected chi connectivity index (χ2v) is 6.34. The van der Waals surface area contributed by atoms with E-state index in [0.717, 1.165) is 16.8 Å². The second-order valence-electron chi connectivity index (χ2n) is 5.90. The lowest BCUT2D eigenvalue weighted by Gasteiger charge is -2.19. The van der Waals surface area contributed by atoms with Gasteiger partial charge in [-0.05, 0) is 49.1 Å². The summed E-state index contributed by atoms with van der Waals surface area (Å²) < 4.78 is 5.67. The average Bonchev–Trinajstić information content (AvgIpc) is 2.48. The predicted molar refractivity (Wildman–Crippen MR) is 95.4 cm³/mol. The largest absolute Gasteiger partial charge is 0.481 e. The van der Waals surface area contributed by atoms with Crippen molar-refractivity contribution in [2.75, 3.05) is 5.32 Å². The van der Waals surface area contributed by atoms with Gasteiger partial charge in [0.25, 0.3) is 5.91 Å². The molecule has 2 aromatic rings. The summed E-state index contributed by atoms with van der Waals surface area (Å²) >= 11 is 5.93. The minimum atomic E-state index is -0.618. The summed E-state index contributed by atoms with van der Waals surface area (Å²) in [7, 11) is 0. The Morgan fingerprint density at radius 2 is 1.83 bits per heavy atom. The zero-order valence-corrected chi connectivity index (χ0v) is 14.6. The molecular formula is C19H22ClNO2. The van der Waals surface area contributed by atoms with Gasteiger partial charge >= 0.3 is 0 Å². The number of nitrogens with one attached hydrogen (secondary N) is 1. The van der Waals surface area contributed by atoms with Crippen molar-refractivity contribution in [3.63, 3.8) is 0 Å². The number of hydrogen-bond donors (Lipinski definition) is 1. The maximum absolute atomic E-state index is 12.5. The third-order valence-electron chi connectivity index (χ3n) is 3.65. The summed E-state index contributed by atoms with van der Waals surface area (Å²) in [5.41, 5.74) is 3.03. The van der Waals surface area contributed by atoms with Crippen molar-refractivity contribution in [3.05, 3.63) is 58.6 Å². The molecule has 0 aliphatic rings. The molecule has 0 unspecified atom stereocenters. The van der Waals surface area contributed by atoms with Gasteiger partial charge in [-0.1, -0.05) is 49.7 Å². The van der Waals surface area contributed by atoms with E-state index in [0.29, 0.717) is 16.7 Å². The number of rotatable bonds is 5. The Kier molecular flexibility index (Phi) is 5.67. The molecule has 1 N–H and O–H groups in total. The zero-order valence-electron chi connectivity index (χ0n) is 13.9. The van der Waals surface area contributed by atoms with Crippen LogP contribution < -0.4 is 10.1 Å². The molecular weight excluding hydrogens is 310 g/mol. The first-order valence-electron chi connectivity index (χ1n) is 7.71. The van der Waals surface area contributed by atoms with E-state index in [2.05, 4.69) is 19.2 Å². The van der Waals surface area contributed by atoms with Crippen molar-refractivity contribution in [2.24, 2.45) is 0 Å². The molecule has 0 aliphatic carbocycles. The molecule has 0 bridgehead atoms. The smallest absolute Gasteiger partial charge is 0.265 e. The average molecular weight is 332 g/mol. The molecule has 3 nitrogen and oxygen atoms in total. The van der Waals surface area contributed by atoms with Crippen LogP contribution in [0, 0.1) is 6.92 Å². The molecule has 4 heteroatoms. The van der Waals surface area contributed by atoms with Gasteiger partial charge in [-0.15, -0.1) is 0 Å². The van der Waals surface area contributed by atoms with Gasteiger partial charge < -0.3 is 10.1 Å². The molecule has 0 saturated carbocycles. The molecule has 2 rings (SSSR count). The summed E-state index contributed by atoms with van der Waals surface area (Å²) in [4.78, 5) is 12.5. The minimum Gasteiger partial charge on any atom is -0.481 e. The molecule has 0 radical (unpaired) electrons. The number of aryl methyl sites for hydroxylation is 1. The zero-order chi connectivity index (χ0) is 17.0.